The van der Waals surface area contributed by atoms with E-state index in [1.165, 1.54) is 18.3 Å². The summed E-state index contributed by atoms with van der Waals surface area (Å²) in [5.41, 5.74) is 5.42. The van der Waals surface area contributed by atoms with Crippen molar-refractivity contribution in [3.05, 3.63) is 18.3 Å². The van der Waals surface area contributed by atoms with E-state index in [0.29, 0.717) is 18.5 Å². The van der Waals surface area contributed by atoms with Crippen molar-refractivity contribution in [2.24, 2.45) is 11.7 Å². The molecule has 1 saturated carbocycles. The number of ether oxygens (including phenoxy) is 1. The maximum absolute atomic E-state index is 12.0. The number of hydrogen-bond acceptors (Lipinski definition) is 4. The summed E-state index contributed by atoms with van der Waals surface area (Å²) >= 11 is 0. The predicted molar refractivity (Wildman–Crippen MR) is 73.6 cm³/mol. The number of anilines is 1. The monoisotopic (exact) mass is 332 g/mol. The van der Waals surface area contributed by atoms with Gasteiger partial charge < -0.3 is 21.1 Å². The SMILES string of the molecule is NC(=O)C1CC(NC(=O)Nc2ccc(OCC(F)(F)F)nc2)C1. The summed E-state index contributed by atoms with van der Waals surface area (Å²) < 4.78 is 40.4. The van der Waals surface area contributed by atoms with E-state index in [1.54, 1.807) is 0 Å². The fraction of sp³-hybridized carbons (Fsp3) is 0.462. The lowest BCUT2D eigenvalue weighted by atomic mass is 9.80. The first-order chi connectivity index (χ1) is 10.7. The first-order valence-electron chi connectivity index (χ1n) is 6.75. The highest BCUT2D eigenvalue weighted by atomic mass is 19.4. The summed E-state index contributed by atoms with van der Waals surface area (Å²) in [7, 11) is 0. The second kappa shape index (κ2) is 6.71. The Morgan fingerprint density at radius 1 is 1.35 bits per heavy atom. The molecule has 23 heavy (non-hydrogen) atoms. The van der Waals surface area contributed by atoms with E-state index in [1.807, 2.05) is 0 Å². The molecule has 4 N–H and O–H groups in total. The van der Waals surface area contributed by atoms with Gasteiger partial charge in [-0.05, 0) is 18.9 Å². The highest BCUT2D eigenvalue weighted by molar-refractivity contribution is 5.89. The lowest BCUT2D eigenvalue weighted by Crippen LogP contribution is -2.49. The Balaban J connectivity index is 1.75. The third-order valence-electron chi connectivity index (χ3n) is 3.25. The predicted octanol–water partition coefficient (Wildman–Crippen LogP) is 1.41. The molecule has 0 atom stereocenters. The summed E-state index contributed by atoms with van der Waals surface area (Å²) in [6.07, 6.45) is -2.28. The van der Waals surface area contributed by atoms with E-state index in [2.05, 4.69) is 20.4 Å². The van der Waals surface area contributed by atoms with Crippen LogP contribution in [-0.2, 0) is 4.79 Å². The van der Waals surface area contributed by atoms with Crippen molar-refractivity contribution < 1.29 is 27.5 Å². The second-order valence-corrected chi connectivity index (χ2v) is 5.16. The molecule has 1 aliphatic rings. The molecule has 0 aliphatic heterocycles. The molecule has 0 radical (unpaired) electrons. The number of primary amides is 1. The van der Waals surface area contributed by atoms with E-state index < -0.39 is 18.8 Å². The van der Waals surface area contributed by atoms with Gasteiger partial charge in [-0.15, -0.1) is 0 Å². The lowest BCUT2D eigenvalue weighted by Gasteiger charge is -2.33. The van der Waals surface area contributed by atoms with E-state index in [9.17, 15) is 22.8 Å². The van der Waals surface area contributed by atoms with Gasteiger partial charge in [0.2, 0.25) is 11.8 Å². The largest absolute Gasteiger partial charge is 0.468 e. The Kier molecular flexibility index (Phi) is 4.92. The zero-order valence-electron chi connectivity index (χ0n) is 11.9. The Labute approximate surface area is 129 Å². The maximum atomic E-state index is 12.0. The Bertz CT molecular complexity index is 571. The van der Waals surface area contributed by atoms with Crippen molar-refractivity contribution >= 4 is 17.6 Å². The number of nitrogens with two attached hydrogens (primary N) is 1. The van der Waals surface area contributed by atoms with Gasteiger partial charge in [-0.2, -0.15) is 13.2 Å². The first-order valence-corrected chi connectivity index (χ1v) is 6.75. The van der Waals surface area contributed by atoms with Gasteiger partial charge in [0.15, 0.2) is 6.61 Å². The van der Waals surface area contributed by atoms with Gasteiger partial charge in [-0.25, -0.2) is 9.78 Å². The summed E-state index contributed by atoms with van der Waals surface area (Å²) in [5, 5.41) is 5.12. The minimum atomic E-state index is -4.44. The number of nitrogens with zero attached hydrogens (tertiary/aromatic N) is 1. The molecule has 126 valence electrons. The molecule has 1 aliphatic carbocycles. The summed E-state index contributed by atoms with van der Waals surface area (Å²) in [5.74, 6) is -0.800. The van der Waals surface area contributed by atoms with Crippen molar-refractivity contribution in [3.63, 3.8) is 0 Å². The van der Waals surface area contributed by atoms with Crippen LogP contribution in [0.25, 0.3) is 0 Å². The molecule has 0 aromatic carbocycles. The number of hydrogen-bond donors (Lipinski definition) is 3. The summed E-state index contributed by atoms with van der Waals surface area (Å²) in [6.45, 7) is -1.43. The number of urea groups is 1. The highest BCUT2D eigenvalue weighted by Crippen LogP contribution is 2.26. The van der Waals surface area contributed by atoms with E-state index in [-0.39, 0.29) is 23.7 Å². The Morgan fingerprint density at radius 3 is 2.57 bits per heavy atom. The molecule has 0 bridgehead atoms. The molecule has 0 spiro atoms. The summed E-state index contributed by atoms with van der Waals surface area (Å²) in [6, 6.07) is 1.96. The first kappa shape index (κ1) is 16.8. The van der Waals surface area contributed by atoms with Crippen LogP contribution >= 0.6 is 0 Å². The minimum Gasteiger partial charge on any atom is -0.468 e. The number of rotatable bonds is 5. The van der Waals surface area contributed by atoms with Crippen LogP contribution in [0.3, 0.4) is 0 Å². The number of carbonyl (C=O) groups excluding carboxylic acids is 2. The molecule has 3 amide bonds. The second-order valence-electron chi connectivity index (χ2n) is 5.16. The average Bonchev–Trinajstić information content (AvgIpc) is 2.40. The van der Waals surface area contributed by atoms with Gasteiger partial charge in [0.25, 0.3) is 0 Å². The number of alkyl halides is 3. The van der Waals surface area contributed by atoms with Gasteiger partial charge in [-0.3, -0.25) is 4.79 Å². The molecule has 1 aromatic heterocycles. The van der Waals surface area contributed by atoms with Crippen molar-refractivity contribution in [3.8, 4) is 5.88 Å². The molecular formula is C13H15F3N4O3. The molecule has 0 saturated heterocycles. The fourth-order valence-corrected chi connectivity index (χ4v) is 2.02. The number of carbonyl (C=O) groups is 2. The van der Waals surface area contributed by atoms with Gasteiger partial charge >= 0.3 is 12.2 Å². The van der Waals surface area contributed by atoms with Crippen molar-refractivity contribution in [1.29, 1.82) is 0 Å². The highest BCUT2D eigenvalue weighted by Gasteiger charge is 2.34. The molecule has 2 rings (SSSR count). The smallest absolute Gasteiger partial charge is 0.422 e. The lowest BCUT2D eigenvalue weighted by molar-refractivity contribution is -0.154. The van der Waals surface area contributed by atoms with Gasteiger partial charge in [0.1, 0.15) is 0 Å². The molecule has 10 heteroatoms. The zero-order chi connectivity index (χ0) is 17.0. The van der Waals surface area contributed by atoms with Crippen LogP contribution in [0.4, 0.5) is 23.7 Å². The molecule has 1 fully saturated rings. The number of nitrogens with one attached hydrogen (secondary N) is 2. The van der Waals surface area contributed by atoms with E-state index >= 15 is 0 Å². The average molecular weight is 332 g/mol. The molecular weight excluding hydrogens is 317 g/mol. The van der Waals surface area contributed by atoms with Crippen LogP contribution in [0.1, 0.15) is 12.8 Å². The van der Waals surface area contributed by atoms with Crippen LogP contribution in [0.15, 0.2) is 18.3 Å². The van der Waals surface area contributed by atoms with E-state index in [4.69, 9.17) is 5.73 Å². The van der Waals surface area contributed by atoms with Crippen molar-refractivity contribution in [1.82, 2.24) is 10.3 Å². The Morgan fingerprint density at radius 2 is 2.04 bits per heavy atom. The molecule has 1 aromatic rings. The normalized spacial score (nSPS) is 20.3. The molecule has 7 nitrogen and oxygen atoms in total. The standard InChI is InChI=1S/C13H15F3N4O3/c14-13(15,16)6-23-10-2-1-8(5-18-10)19-12(22)20-9-3-7(4-9)11(17)21/h1-2,5,7,9H,3-4,6H2,(H2,17,21)(H2,19,20,22). The van der Waals surface area contributed by atoms with Gasteiger partial charge in [0, 0.05) is 18.0 Å². The van der Waals surface area contributed by atoms with Crippen molar-refractivity contribution in [2.75, 3.05) is 11.9 Å². The minimum absolute atomic E-state index is 0.130. The Hall–Kier alpha value is -2.52. The zero-order valence-corrected chi connectivity index (χ0v) is 11.9. The van der Waals surface area contributed by atoms with Crippen LogP contribution < -0.4 is 21.1 Å². The summed E-state index contributed by atoms with van der Waals surface area (Å²) in [4.78, 5) is 26.2. The maximum Gasteiger partial charge on any atom is 0.422 e. The molecule has 1 heterocycles. The third kappa shape index (κ3) is 5.31. The fourth-order valence-electron chi connectivity index (χ4n) is 2.02. The molecule has 0 unspecified atom stereocenters. The quantitative estimate of drug-likeness (QED) is 0.758. The van der Waals surface area contributed by atoms with Crippen molar-refractivity contribution in [2.45, 2.75) is 25.1 Å². The number of aromatic nitrogens is 1. The van der Waals surface area contributed by atoms with Crippen LogP contribution in [-0.4, -0.2) is 35.7 Å². The van der Waals surface area contributed by atoms with Gasteiger partial charge in [0.05, 0.1) is 11.9 Å². The van der Waals surface area contributed by atoms with Crippen LogP contribution in [0, 0.1) is 5.92 Å². The van der Waals surface area contributed by atoms with Crippen LogP contribution in [0.2, 0.25) is 0 Å². The van der Waals surface area contributed by atoms with E-state index in [0.717, 1.165) is 0 Å². The van der Waals surface area contributed by atoms with Gasteiger partial charge in [-0.1, -0.05) is 0 Å². The number of halogens is 3. The third-order valence-corrected chi connectivity index (χ3v) is 3.25. The number of pyridine rings is 1. The topological polar surface area (TPSA) is 106 Å². The number of amides is 3. The van der Waals surface area contributed by atoms with Crippen LogP contribution in [0.5, 0.6) is 5.88 Å².